The van der Waals surface area contributed by atoms with Crippen LogP contribution in [0.4, 0.5) is 5.69 Å². The third kappa shape index (κ3) is 4.81. The molecule has 3 saturated heterocycles. The number of hydrogen-bond acceptors (Lipinski definition) is 6. The van der Waals surface area contributed by atoms with Crippen molar-refractivity contribution in [2.75, 3.05) is 24.7 Å². The number of amides is 2. The van der Waals surface area contributed by atoms with Crippen molar-refractivity contribution < 1.29 is 29.0 Å². The van der Waals surface area contributed by atoms with Crippen molar-refractivity contribution in [1.82, 2.24) is 4.90 Å². The van der Waals surface area contributed by atoms with Crippen molar-refractivity contribution in [2.24, 2.45) is 11.8 Å². The van der Waals surface area contributed by atoms with Gasteiger partial charge in [-0.05, 0) is 56.2 Å². The van der Waals surface area contributed by atoms with Crippen LogP contribution < -0.4 is 4.90 Å². The molecule has 2 amide bonds. The molecule has 228 valence electrons. The van der Waals surface area contributed by atoms with Gasteiger partial charge in [0.1, 0.15) is 17.6 Å². The van der Waals surface area contributed by atoms with Gasteiger partial charge in [-0.2, -0.15) is 0 Å². The Morgan fingerprint density at radius 2 is 1.81 bits per heavy atom. The second-order valence-electron chi connectivity index (χ2n) is 11.9. The molecule has 3 aliphatic heterocycles. The second kappa shape index (κ2) is 12.1. The third-order valence-corrected chi connectivity index (χ3v) is 9.65. The molecule has 1 spiro atoms. The SMILES string of the molecule is C=CCCOC(=O)[C@@H]1[C@H]2C(=O)N([C@H](CO)c3ccccc3)C(C(=O)N(CC=C)c3c(C)cccc3C)C23CC[C@@]1(CC)O3. The largest absolute Gasteiger partial charge is 0.465 e. The molecule has 0 aromatic heterocycles. The number of ether oxygens (including phenoxy) is 2. The standard InChI is InChI=1S/C35H42N2O6/c1-6-9-21-42-33(41)28-27-31(39)37(26(22-38)25-16-11-10-12-17-25)30(35(27)19-18-34(28,8-3)43-35)32(40)36(20-7-2)29-23(4)14-13-15-24(29)5/h6-7,10-17,26-28,30,38H,1-2,8-9,18-22H2,3-5H3/t26-,27+,28+,30?,34-,35?/m1/s1. The quantitative estimate of drug-likeness (QED) is 0.218. The Labute approximate surface area is 254 Å². The first-order chi connectivity index (χ1) is 20.7. The molecule has 5 rings (SSSR count). The molecule has 2 bridgehead atoms. The van der Waals surface area contributed by atoms with Crippen LogP contribution in [-0.4, -0.2) is 64.8 Å². The Bertz CT molecular complexity index is 1390. The molecule has 8 nitrogen and oxygen atoms in total. The molecule has 0 radical (unpaired) electrons. The minimum atomic E-state index is -1.26. The van der Waals surface area contributed by atoms with Crippen LogP contribution in [0.1, 0.15) is 55.3 Å². The second-order valence-corrected chi connectivity index (χ2v) is 11.9. The zero-order chi connectivity index (χ0) is 30.9. The highest BCUT2D eigenvalue weighted by Crippen LogP contribution is 2.65. The van der Waals surface area contributed by atoms with Gasteiger partial charge < -0.3 is 24.4 Å². The lowest BCUT2D eigenvalue weighted by atomic mass is 9.65. The van der Waals surface area contributed by atoms with Crippen molar-refractivity contribution in [3.8, 4) is 0 Å². The summed E-state index contributed by atoms with van der Waals surface area (Å²) in [5, 5.41) is 10.8. The number of benzene rings is 2. The zero-order valence-electron chi connectivity index (χ0n) is 25.3. The Morgan fingerprint density at radius 1 is 1.12 bits per heavy atom. The molecule has 3 fully saturated rings. The summed E-state index contributed by atoms with van der Waals surface area (Å²) in [7, 11) is 0. The fraction of sp³-hybridized carbons (Fsp3) is 0.457. The van der Waals surface area contributed by atoms with E-state index in [-0.39, 0.29) is 25.0 Å². The monoisotopic (exact) mass is 586 g/mol. The predicted octanol–water partition coefficient (Wildman–Crippen LogP) is 4.83. The lowest BCUT2D eigenvalue weighted by Gasteiger charge is -2.40. The van der Waals surface area contributed by atoms with E-state index in [4.69, 9.17) is 9.47 Å². The van der Waals surface area contributed by atoms with Gasteiger partial charge in [0.05, 0.1) is 30.8 Å². The lowest BCUT2D eigenvalue weighted by molar-refractivity contribution is -0.162. The van der Waals surface area contributed by atoms with Gasteiger partial charge in [-0.1, -0.05) is 67.6 Å². The van der Waals surface area contributed by atoms with Crippen LogP contribution in [0.15, 0.2) is 73.8 Å². The Kier molecular flexibility index (Phi) is 8.63. The Balaban J connectivity index is 1.68. The summed E-state index contributed by atoms with van der Waals surface area (Å²) in [4.78, 5) is 46.7. The topological polar surface area (TPSA) is 96.4 Å². The number of fused-ring (bicyclic) bond motifs is 1. The summed E-state index contributed by atoms with van der Waals surface area (Å²) in [6, 6.07) is 13.1. The van der Waals surface area contributed by atoms with Gasteiger partial charge in [0.15, 0.2) is 0 Å². The summed E-state index contributed by atoms with van der Waals surface area (Å²) in [6.07, 6.45) is 5.28. The summed E-state index contributed by atoms with van der Waals surface area (Å²) >= 11 is 0. The number of aliphatic hydroxyl groups is 1. The number of nitrogens with zero attached hydrogens (tertiary/aromatic N) is 2. The average molecular weight is 587 g/mol. The van der Waals surface area contributed by atoms with E-state index in [1.165, 1.54) is 4.90 Å². The maximum absolute atomic E-state index is 15.0. The highest BCUT2D eigenvalue weighted by atomic mass is 16.6. The molecule has 8 heteroatoms. The van der Waals surface area contributed by atoms with Crippen LogP contribution in [0.2, 0.25) is 0 Å². The highest BCUT2D eigenvalue weighted by Gasteiger charge is 2.79. The number of rotatable bonds is 12. The van der Waals surface area contributed by atoms with E-state index in [0.717, 1.165) is 16.8 Å². The van der Waals surface area contributed by atoms with Crippen LogP contribution in [0.5, 0.6) is 0 Å². The van der Waals surface area contributed by atoms with E-state index in [1.54, 1.807) is 17.1 Å². The predicted molar refractivity (Wildman–Crippen MR) is 164 cm³/mol. The first-order valence-electron chi connectivity index (χ1n) is 15.2. The van der Waals surface area contributed by atoms with E-state index in [2.05, 4.69) is 13.2 Å². The lowest BCUT2D eigenvalue weighted by Crippen LogP contribution is -2.57. The number of carbonyl (C=O) groups excluding carboxylic acids is 3. The molecular weight excluding hydrogens is 544 g/mol. The van der Waals surface area contributed by atoms with Crippen molar-refractivity contribution in [3.05, 3.63) is 90.5 Å². The maximum atomic E-state index is 15.0. The first-order valence-corrected chi connectivity index (χ1v) is 15.2. The van der Waals surface area contributed by atoms with E-state index in [1.807, 2.05) is 69.3 Å². The number of esters is 1. The van der Waals surface area contributed by atoms with Gasteiger partial charge in [0.25, 0.3) is 5.91 Å². The molecule has 2 unspecified atom stereocenters. The van der Waals surface area contributed by atoms with E-state index in [0.29, 0.717) is 31.2 Å². The Morgan fingerprint density at radius 3 is 2.42 bits per heavy atom. The maximum Gasteiger partial charge on any atom is 0.312 e. The van der Waals surface area contributed by atoms with Crippen molar-refractivity contribution in [2.45, 2.75) is 69.7 Å². The molecule has 0 saturated carbocycles. The van der Waals surface area contributed by atoms with Gasteiger partial charge in [0.2, 0.25) is 5.91 Å². The Hall–Kier alpha value is -3.75. The molecule has 2 aromatic rings. The number of carbonyl (C=O) groups is 3. The van der Waals surface area contributed by atoms with E-state index in [9.17, 15) is 14.7 Å². The minimum Gasteiger partial charge on any atom is -0.465 e. The molecule has 3 heterocycles. The van der Waals surface area contributed by atoms with Gasteiger partial charge in [-0.25, -0.2) is 0 Å². The van der Waals surface area contributed by atoms with Crippen LogP contribution in [0.25, 0.3) is 0 Å². The number of aryl methyl sites for hydroxylation is 2. The number of hydrogen-bond donors (Lipinski definition) is 1. The molecule has 0 aliphatic carbocycles. The summed E-state index contributed by atoms with van der Waals surface area (Å²) in [6.45, 7) is 13.4. The number of aliphatic hydroxyl groups excluding tert-OH is 1. The molecule has 6 atom stereocenters. The first kappa shape index (κ1) is 30.7. The fourth-order valence-corrected chi connectivity index (χ4v) is 7.79. The average Bonchev–Trinajstić information content (AvgIpc) is 3.61. The van der Waals surface area contributed by atoms with Crippen LogP contribution in [0, 0.1) is 25.7 Å². The number of para-hydroxylation sites is 1. The fourth-order valence-electron chi connectivity index (χ4n) is 7.79. The molecule has 1 N–H and O–H groups in total. The van der Waals surface area contributed by atoms with Gasteiger partial charge in [-0.15, -0.1) is 13.2 Å². The summed E-state index contributed by atoms with van der Waals surface area (Å²) in [5.41, 5.74) is 1.08. The van der Waals surface area contributed by atoms with Gasteiger partial charge >= 0.3 is 5.97 Å². The smallest absolute Gasteiger partial charge is 0.312 e. The molecular formula is C35H42N2O6. The van der Waals surface area contributed by atoms with Crippen molar-refractivity contribution >= 4 is 23.5 Å². The molecule has 2 aromatic carbocycles. The van der Waals surface area contributed by atoms with Crippen LogP contribution in [0.3, 0.4) is 0 Å². The highest BCUT2D eigenvalue weighted by molar-refractivity contribution is 6.05. The molecule has 43 heavy (non-hydrogen) atoms. The normalized spacial score (nSPS) is 28.0. The van der Waals surface area contributed by atoms with Gasteiger partial charge in [-0.3, -0.25) is 14.4 Å². The van der Waals surface area contributed by atoms with Gasteiger partial charge in [0, 0.05) is 12.2 Å². The summed E-state index contributed by atoms with van der Waals surface area (Å²) < 4.78 is 12.6. The number of anilines is 1. The van der Waals surface area contributed by atoms with Crippen molar-refractivity contribution in [3.63, 3.8) is 0 Å². The van der Waals surface area contributed by atoms with E-state index < -0.39 is 47.7 Å². The van der Waals surface area contributed by atoms with Crippen molar-refractivity contribution in [1.29, 1.82) is 0 Å². The van der Waals surface area contributed by atoms with E-state index >= 15 is 4.79 Å². The third-order valence-electron chi connectivity index (χ3n) is 9.65. The number of likely N-dealkylation sites (tertiary alicyclic amines) is 1. The van der Waals surface area contributed by atoms with Crippen LogP contribution in [-0.2, 0) is 23.9 Å². The summed E-state index contributed by atoms with van der Waals surface area (Å²) in [5.74, 6) is -2.98. The minimum absolute atomic E-state index is 0.154. The van der Waals surface area contributed by atoms with Crippen LogP contribution >= 0.6 is 0 Å². The zero-order valence-corrected chi connectivity index (χ0v) is 25.3. The molecule has 3 aliphatic rings.